The lowest BCUT2D eigenvalue weighted by molar-refractivity contribution is -0.131. The molecule has 1 amide bonds. The predicted octanol–water partition coefficient (Wildman–Crippen LogP) is 3.04. The zero-order valence-corrected chi connectivity index (χ0v) is 15.0. The number of carbonyl (C=O) groups excluding carboxylic acids is 2. The molecule has 23 heavy (non-hydrogen) atoms. The van der Waals surface area contributed by atoms with Crippen molar-refractivity contribution in [3.05, 3.63) is 0 Å². The third-order valence-electron chi connectivity index (χ3n) is 4.06. The number of ether oxygens (including phenoxy) is 3. The van der Waals surface area contributed by atoms with E-state index in [1.165, 1.54) is 0 Å². The summed E-state index contributed by atoms with van der Waals surface area (Å²) in [6, 6.07) is 0.0969. The molecule has 0 aromatic rings. The highest BCUT2D eigenvalue weighted by atomic mass is 16.7. The number of rotatable bonds is 7. The van der Waals surface area contributed by atoms with E-state index >= 15 is 0 Å². The largest absolute Gasteiger partial charge is 0.444 e. The molecule has 6 heteroatoms. The second-order valence-corrected chi connectivity index (χ2v) is 7.10. The van der Waals surface area contributed by atoms with Crippen LogP contribution in [0.15, 0.2) is 0 Å². The second-order valence-electron chi connectivity index (χ2n) is 7.10. The van der Waals surface area contributed by atoms with Crippen molar-refractivity contribution in [3.8, 4) is 0 Å². The maximum absolute atomic E-state index is 12.2. The first-order chi connectivity index (χ1) is 10.7. The minimum Gasteiger partial charge on any atom is -0.444 e. The van der Waals surface area contributed by atoms with Gasteiger partial charge in [0.05, 0.1) is 0 Å². The molecule has 1 saturated carbocycles. The summed E-state index contributed by atoms with van der Waals surface area (Å²) in [6.45, 7) is 5.53. The molecule has 1 rings (SSSR count). The van der Waals surface area contributed by atoms with Crippen molar-refractivity contribution in [2.45, 2.75) is 77.2 Å². The smallest absolute Gasteiger partial charge is 0.407 e. The fraction of sp³-hybridized carbons (Fsp3) is 0.882. The highest BCUT2D eigenvalue weighted by Crippen LogP contribution is 2.27. The number of nitrogens with one attached hydrogen (secondary N) is 1. The zero-order chi connectivity index (χ0) is 17.5. The standard InChI is InChI=1S/C17H31NO5/c1-17(2,3)23-16(20)18-13-8-6-12(7-9-13)14(19)10-11-15(21-4)22-5/h12-13,15H,6-11H2,1-5H3,(H,18,20). The summed E-state index contributed by atoms with van der Waals surface area (Å²) < 4.78 is 15.5. The van der Waals surface area contributed by atoms with Crippen molar-refractivity contribution in [2.24, 2.45) is 5.92 Å². The SMILES string of the molecule is COC(CCC(=O)C1CCC(NC(=O)OC(C)(C)C)CC1)OC. The summed E-state index contributed by atoms with van der Waals surface area (Å²) in [7, 11) is 3.15. The highest BCUT2D eigenvalue weighted by Gasteiger charge is 2.28. The molecule has 1 aliphatic carbocycles. The maximum Gasteiger partial charge on any atom is 0.407 e. The third-order valence-corrected chi connectivity index (χ3v) is 4.06. The van der Waals surface area contributed by atoms with Gasteiger partial charge >= 0.3 is 6.09 Å². The number of amides is 1. The van der Waals surface area contributed by atoms with Crippen molar-refractivity contribution in [3.63, 3.8) is 0 Å². The molecule has 0 aromatic carbocycles. The van der Waals surface area contributed by atoms with Crippen LogP contribution in [0.4, 0.5) is 4.79 Å². The molecule has 6 nitrogen and oxygen atoms in total. The lowest BCUT2D eigenvalue weighted by Crippen LogP contribution is -2.41. The first kappa shape index (κ1) is 19.9. The van der Waals surface area contributed by atoms with E-state index in [9.17, 15) is 9.59 Å². The highest BCUT2D eigenvalue weighted by molar-refractivity contribution is 5.81. The molecular weight excluding hydrogens is 298 g/mol. The van der Waals surface area contributed by atoms with Gasteiger partial charge in [0, 0.05) is 39.0 Å². The van der Waals surface area contributed by atoms with Gasteiger partial charge in [-0.05, 0) is 46.5 Å². The summed E-state index contributed by atoms with van der Waals surface area (Å²) in [4.78, 5) is 24.0. The van der Waals surface area contributed by atoms with Crippen LogP contribution in [0, 0.1) is 5.92 Å². The van der Waals surface area contributed by atoms with Crippen molar-refractivity contribution in [2.75, 3.05) is 14.2 Å². The fourth-order valence-corrected chi connectivity index (χ4v) is 2.83. The van der Waals surface area contributed by atoms with E-state index in [4.69, 9.17) is 14.2 Å². The van der Waals surface area contributed by atoms with E-state index in [-0.39, 0.29) is 30.1 Å². The van der Waals surface area contributed by atoms with Crippen LogP contribution in [0.1, 0.15) is 59.3 Å². The lowest BCUT2D eigenvalue weighted by Gasteiger charge is -2.29. The minimum absolute atomic E-state index is 0.0843. The number of alkyl carbamates (subject to hydrolysis) is 1. The van der Waals surface area contributed by atoms with Crippen LogP contribution in [-0.4, -0.2) is 44.0 Å². The first-order valence-corrected chi connectivity index (χ1v) is 8.33. The van der Waals surface area contributed by atoms with E-state index in [0.717, 1.165) is 25.7 Å². The molecule has 1 fully saturated rings. The van der Waals surface area contributed by atoms with Crippen LogP contribution >= 0.6 is 0 Å². The molecule has 0 radical (unpaired) electrons. The van der Waals surface area contributed by atoms with Gasteiger partial charge in [0.1, 0.15) is 11.4 Å². The Morgan fingerprint density at radius 1 is 1.09 bits per heavy atom. The van der Waals surface area contributed by atoms with Gasteiger partial charge in [0.25, 0.3) is 0 Å². The van der Waals surface area contributed by atoms with Crippen molar-refractivity contribution in [1.29, 1.82) is 0 Å². The monoisotopic (exact) mass is 329 g/mol. The average molecular weight is 329 g/mol. The van der Waals surface area contributed by atoms with Gasteiger partial charge in [-0.25, -0.2) is 4.79 Å². The number of carbonyl (C=O) groups is 2. The van der Waals surface area contributed by atoms with Gasteiger partial charge in [-0.2, -0.15) is 0 Å². The molecule has 1 N–H and O–H groups in total. The third kappa shape index (κ3) is 7.79. The van der Waals surface area contributed by atoms with Crippen molar-refractivity contribution in [1.82, 2.24) is 5.32 Å². The Balaban J connectivity index is 2.29. The Bertz CT molecular complexity index is 379. The molecule has 0 aliphatic heterocycles. The zero-order valence-electron chi connectivity index (χ0n) is 15.0. The molecule has 0 atom stereocenters. The molecule has 0 aromatic heterocycles. The first-order valence-electron chi connectivity index (χ1n) is 8.33. The molecular formula is C17H31NO5. The Morgan fingerprint density at radius 2 is 1.65 bits per heavy atom. The van der Waals surface area contributed by atoms with Crippen molar-refractivity contribution >= 4 is 11.9 Å². The topological polar surface area (TPSA) is 73.9 Å². The van der Waals surface area contributed by atoms with Gasteiger partial charge in [-0.1, -0.05) is 0 Å². The van der Waals surface area contributed by atoms with Gasteiger partial charge in [0.15, 0.2) is 6.29 Å². The summed E-state index contributed by atoms with van der Waals surface area (Å²) in [5, 5.41) is 2.89. The molecule has 0 saturated heterocycles. The van der Waals surface area contributed by atoms with Gasteiger partial charge in [0.2, 0.25) is 0 Å². The molecule has 0 heterocycles. The minimum atomic E-state index is -0.490. The lowest BCUT2D eigenvalue weighted by atomic mass is 9.82. The van der Waals surface area contributed by atoms with E-state index in [1.54, 1.807) is 14.2 Å². The number of methoxy groups -OCH3 is 2. The van der Waals surface area contributed by atoms with Gasteiger partial charge in [-0.3, -0.25) is 4.79 Å². The molecule has 0 spiro atoms. The molecule has 0 bridgehead atoms. The normalized spacial score (nSPS) is 22.0. The van der Waals surface area contributed by atoms with Gasteiger partial charge in [-0.15, -0.1) is 0 Å². The summed E-state index contributed by atoms with van der Waals surface area (Å²) in [5.74, 6) is 0.348. The Morgan fingerprint density at radius 3 is 2.13 bits per heavy atom. The van der Waals surface area contributed by atoms with Crippen LogP contribution in [0.2, 0.25) is 0 Å². The Kier molecular flexibility index (Phi) is 7.99. The van der Waals surface area contributed by atoms with E-state index in [1.807, 2.05) is 20.8 Å². The summed E-state index contributed by atoms with van der Waals surface area (Å²) in [6.07, 6.45) is 3.61. The molecule has 0 unspecified atom stereocenters. The van der Waals surface area contributed by atoms with Crippen LogP contribution in [0.25, 0.3) is 0 Å². The quantitative estimate of drug-likeness (QED) is 0.727. The predicted molar refractivity (Wildman–Crippen MR) is 87.2 cm³/mol. The summed E-state index contributed by atoms with van der Waals surface area (Å²) in [5.41, 5.74) is -0.490. The van der Waals surface area contributed by atoms with E-state index in [2.05, 4.69) is 5.32 Å². The van der Waals surface area contributed by atoms with E-state index in [0.29, 0.717) is 12.8 Å². The Hall–Kier alpha value is -1.14. The number of Topliss-reactive ketones (excluding diaryl/α,β-unsaturated/α-hetero) is 1. The fourth-order valence-electron chi connectivity index (χ4n) is 2.83. The molecule has 1 aliphatic rings. The molecule has 134 valence electrons. The number of hydrogen-bond acceptors (Lipinski definition) is 5. The van der Waals surface area contributed by atoms with Crippen LogP contribution < -0.4 is 5.32 Å². The maximum atomic E-state index is 12.2. The van der Waals surface area contributed by atoms with Crippen LogP contribution in [0.5, 0.6) is 0 Å². The number of hydrogen-bond donors (Lipinski definition) is 1. The van der Waals surface area contributed by atoms with Crippen molar-refractivity contribution < 1.29 is 23.8 Å². The second kappa shape index (κ2) is 9.23. The van der Waals surface area contributed by atoms with Crippen LogP contribution in [-0.2, 0) is 19.0 Å². The van der Waals surface area contributed by atoms with Crippen LogP contribution in [0.3, 0.4) is 0 Å². The average Bonchev–Trinajstić information content (AvgIpc) is 2.46. The van der Waals surface area contributed by atoms with E-state index < -0.39 is 5.60 Å². The Labute approximate surface area is 139 Å². The summed E-state index contributed by atoms with van der Waals surface area (Å²) >= 11 is 0. The number of ketones is 1. The van der Waals surface area contributed by atoms with Gasteiger partial charge < -0.3 is 19.5 Å².